The molecule has 0 saturated carbocycles. The molecule has 2 N–H and O–H groups in total. The van der Waals surface area contributed by atoms with Crippen LogP contribution in [0.25, 0.3) is 0 Å². The third-order valence-corrected chi connectivity index (χ3v) is 7.17. The minimum Gasteiger partial charge on any atom is -0.338 e. The monoisotopic (exact) mass is 457 g/mol. The van der Waals surface area contributed by atoms with E-state index in [1.807, 2.05) is 17.9 Å². The Bertz CT molecular complexity index is 1100. The van der Waals surface area contributed by atoms with Crippen LogP contribution in [0.15, 0.2) is 47.4 Å². The SMILES string of the molecule is CCNS(=O)(=O)c1cccc(C(=O)Nc2cc(C(=O)N3CC(C)CC(C)C3)ccc2C)c1. The van der Waals surface area contributed by atoms with Crippen LogP contribution >= 0.6 is 0 Å². The molecular weight excluding hydrogens is 426 g/mol. The first kappa shape index (κ1) is 23.9. The molecule has 7 nitrogen and oxygen atoms in total. The Balaban J connectivity index is 1.81. The van der Waals surface area contributed by atoms with Crippen molar-refractivity contribution in [1.82, 2.24) is 9.62 Å². The van der Waals surface area contributed by atoms with E-state index >= 15 is 0 Å². The zero-order chi connectivity index (χ0) is 23.5. The van der Waals surface area contributed by atoms with Gasteiger partial charge >= 0.3 is 0 Å². The lowest BCUT2D eigenvalue weighted by molar-refractivity contribution is 0.0623. The maximum atomic E-state index is 13.1. The Morgan fingerprint density at radius 2 is 1.72 bits per heavy atom. The first-order valence-corrected chi connectivity index (χ1v) is 12.4. The second-order valence-electron chi connectivity index (χ2n) is 8.67. The molecule has 3 rings (SSSR count). The number of amides is 2. The number of hydrogen-bond donors (Lipinski definition) is 2. The molecule has 1 heterocycles. The molecule has 1 fully saturated rings. The van der Waals surface area contributed by atoms with Gasteiger partial charge in [-0.15, -0.1) is 0 Å². The van der Waals surface area contributed by atoms with Crippen LogP contribution < -0.4 is 10.0 Å². The molecule has 0 radical (unpaired) electrons. The van der Waals surface area contributed by atoms with Gasteiger partial charge in [0.05, 0.1) is 4.90 Å². The number of aryl methyl sites for hydroxylation is 1. The third kappa shape index (κ3) is 5.55. The van der Waals surface area contributed by atoms with Gasteiger partial charge in [-0.05, 0) is 61.1 Å². The fourth-order valence-electron chi connectivity index (χ4n) is 4.17. The quantitative estimate of drug-likeness (QED) is 0.692. The van der Waals surface area contributed by atoms with E-state index in [4.69, 9.17) is 0 Å². The molecule has 2 atom stereocenters. The summed E-state index contributed by atoms with van der Waals surface area (Å²) in [6, 6.07) is 11.2. The Morgan fingerprint density at radius 3 is 2.38 bits per heavy atom. The average Bonchev–Trinajstić information content (AvgIpc) is 2.74. The van der Waals surface area contributed by atoms with Crippen LogP contribution in [0.3, 0.4) is 0 Å². The van der Waals surface area contributed by atoms with Crippen LogP contribution in [0.5, 0.6) is 0 Å². The summed E-state index contributed by atoms with van der Waals surface area (Å²) < 4.78 is 26.9. The number of hydrogen-bond acceptors (Lipinski definition) is 4. The summed E-state index contributed by atoms with van der Waals surface area (Å²) in [5.74, 6) is 0.431. The van der Waals surface area contributed by atoms with Gasteiger partial charge in [-0.1, -0.05) is 32.9 Å². The van der Waals surface area contributed by atoms with Crippen molar-refractivity contribution in [3.63, 3.8) is 0 Å². The number of sulfonamides is 1. The second-order valence-corrected chi connectivity index (χ2v) is 10.4. The van der Waals surface area contributed by atoms with Gasteiger partial charge in [0, 0.05) is 36.4 Å². The van der Waals surface area contributed by atoms with Gasteiger partial charge in [-0.3, -0.25) is 9.59 Å². The number of benzene rings is 2. The fourth-order valence-corrected chi connectivity index (χ4v) is 5.26. The zero-order valence-electron chi connectivity index (χ0n) is 19.0. The van der Waals surface area contributed by atoms with Crippen molar-refractivity contribution in [3.8, 4) is 0 Å². The summed E-state index contributed by atoms with van der Waals surface area (Å²) in [5, 5.41) is 2.83. The Labute approximate surface area is 190 Å². The Morgan fingerprint density at radius 1 is 1.03 bits per heavy atom. The topological polar surface area (TPSA) is 95.6 Å². The molecule has 0 bridgehead atoms. The van der Waals surface area contributed by atoms with Crippen molar-refractivity contribution < 1.29 is 18.0 Å². The molecule has 1 aliphatic heterocycles. The Kier molecular flexibility index (Phi) is 7.36. The highest BCUT2D eigenvalue weighted by Gasteiger charge is 2.26. The van der Waals surface area contributed by atoms with Crippen molar-refractivity contribution in [2.45, 2.75) is 39.0 Å². The molecule has 2 aromatic rings. The minimum absolute atomic E-state index is 0.0287. The highest BCUT2D eigenvalue weighted by Crippen LogP contribution is 2.25. The molecule has 2 aromatic carbocycles. The maximum absolute atomic E-state index is 13.1. The van der Waals surface area contributed by atoms with Gasteiger partial charge in [0.15, 0.2) is 0 Å². The molecule has 0 aromatic heterocycles. The number of anilines is 1. The second kappa shape index (κ2) is 9.83. The van der Waals surface area contributed by atoms with E-state index in [0.717, 1.165) is 25.1 Å². The zero-order valence-corrected chi connectivity index (χ0v) is 19.8. The number of carbonyl (C=O) groups excluding carboxylic acids is 2. The van der Waals surface area contributed by atoms with Crippen LogP contribution in [-0.4, -0.2) is 44.8 Å². The molecule has 2 amide bonds. The summed E-state index contributed by atoms with van der Waals surface area (Å²) in [7, 11) is -3.67. The minimum atomic E-state index is -3.67. The highest BCUT2D eigenvalue weighted by molar-refractivity contribution is 7.89. The number of rotatable bonds is 6. The fraction of sp³-hybridized carbons (Fsp3) is 0.417. The van der Waals surface area contributed by atoms with E-state index in [1.54, 1.807) is 25.1 Å². The molecule has 172 valence electrons. The highest BCUT2D eigenvalue weighted by atomic mass is 32.2. The number of carbonyl (C=O) groups is 2. The van der Waals surface area contributed by atoms with E-state index in [0.29, 0.717) is 23.1 Å². The van der Waals surface area contributed by atoms with Crippen LogP contribution in [-0.2, 0) is 10.0 Å². The van der Waals surface area contributed by atoms with Gasteiger partial charge < -0.3 is 10.2 Å². The molecule has 8 heteroatoms. The summed E-state index contributed by atoms with van der Waals surface area (Å²) >= 11 is 0. The van der Waals surface area contributed by atoms with Crippen LogP contribution in [0, 0.1) is 18.8 Å². The lowest BCUT2D eigenvalue weighted by Crippen LogP contribution is -2.42. The van der Waals surface area contributed by atoms with Gasteiger partial charge in [0.1, 0.15) is 0 Å². The first-order valence-electron chi connectivity index (χ1n) is 10.9. The smallest absolute Gasteiger partial charge is 0.255 e. The summed E-state index contributed by atoms with van der Waals surface area (Å²) in [5.41, 5.74) is 2.08. The van der Waals surface area contributed by atoms with Crippen LogP contribution in [0.2, 0.25) is 0 Å². The van der Waals surface area contributed by atoms with Gasteiger partial charge in [-0.2, -0.15) is 0 Å². The number of nitrogens with one attached hydrogen (secondary N) is 2. The lowest BCUT2D eigenvalue weighted by Gasteiger charge is -2.35. The number of piperidine rings is 1. The van der Waals surface area contributed by atoms with Gasteiger partial charge in [0.2, 0.25) is 10.0 Å². The van der Waals surface area contributed by atoms with Crippen LogP contribution in [0.1, 0.15) is 53.5 Å². The summed E-state index contributed by atoms with van der Waals surface area (Å²) in [4.78, 5) is 27.8. The molecular formula is C24H31N3O4S. The molecule has 32 heavy (non-hydrogen) atoms. The van der Waals surface area contributed by atoms with E-state index in [9.17, 15) is 18.0 Å². The third-order valence-electron chi connectivity index (χ3n) is 5.63. The normalized spacial score (nSPS) is 18.9. The predicted molar refractivity (Wildman–Crippen MR) is 125 cm³/mol. The standard InChI is InChI=1S/C24H31N3O4S/c1-5-25-32(30,31)21-8-6-7-19(12-21)23(28)26-22-13-20(10-9-18(22)4)24(29)27-14-16(2)11-17(3)15-27/h6-10,12-13,16-17,25H,5,11,14-15H2,1-4H3,(H,26,28). The molecule has 0 spiro atoms. The summed E-state index contributed by atoms with van der Waals surface area (Å²) in [6.07, 6.45) is 1.11. The van der Waals surface area contributed by atoms with E-state index in [-0.39, 0.29) is 22.9 Å². The molecule has 1 saturated heterocycles. The Hall–Kier alpha value is -2.71. The molecule has 1 aliphatic rings. The van der Waals surface area contributed by atoms with Crippen molar-refractivity contribution in [3.05, 3.63) is 59.2 Å². The van der Waals surface area contributed by atoms with Gasteiger partial charge in [-0.25, -0.2) is 13.1 Å². The number of nitrogens with zero attached hydrogens (tertiary/aromatic N) is 1. The number of likely N-dealkylation sites (tertiary alicyclic amines) is 1. The lowest BCUT2D eigenvalue weighted by atomic mass is 9.91. The van der Waals surface area contributed by atoms with Gasteiger partial charge in [0.25, 0.3) is 11.8 Å². The summed E-state index contributed by atoms with van der Waals surface area (Å²) in [6.45, 7) is 9.56. The molecule has 2 unspecified atom stereocenters. The van der Waals surface area contributed by atoms with E-state index in [1.165, 1.54) is 18.2 Å². The largest absolute Gasteiger partial charge is 0.338 e. The van der Waals surface area contributed by atoms with Crippen LogP contribution in [0.4, 0.5) is 5.69 Å². The predicted octanol–water partition coefficient (Wildman–Crippen LogP) is 3.66. The van der Waals surface area contributed by atoms with Crippen molar-refractivity contribution in [2.24, 2.45) is 11.8 Å². The van der Waals surface area contributed by atoms with E-state index in [2.05, 4.69) is 23.9 Å². The van der Waals surface area contributed by atoms with Crippen molar-refractivity contribution in [2.75, 3.05) is 25.0 Å². The van der Waals surface area contributed by atoms with Crippen molar-refractivity contribution >= 4 is 27.5 Å². The maximum Gasteiger partial charge on any atom is 0.255 e. The van der Waals surface area contributed by atoms with Crippen molar-refractivity contribution in [1.29, 1.82) is 0 Å². The van der Waals surface area contributed by atoms with E-state index < -0.39 is 15.9 Å². The molecule has 0 aliphatic carbocycles. The average molecular weight is 458 g/mol. The first-order chi connectivity index (χ1) is 15.1.